The molecule has 0 spiro atoms. The highest BCUT2D eigenvalue weighted by atomic mass is 16.5. The summed E-state index contributed by atoms with van der Waals surface area (Å²) in [5.41, 5.74) is 0.523. The van der Waals surface area contributed by atoms with Crippen molar-refractivity contribution in [2.75, 3.05) is 20.8 Å². The van der Waals surface area contributed by atoms with E-state index in [9.17, 15) is 5.11 Å². The van der Waals surface area contributed by atoms with E-state index in [1.165, 1.54) is 0 Å². The second-order valence-electron chi connectivity index (χ2n) is 5.21. The topological polar surface area (TPSA) is 50.7 Å². The first kappa shape index (κ1) is 14.2. The molecule has 0 atom stereocenters. The van der Waals surface area contributed by atoms with Crippen LogP contribution in [0.25, 0.3) is 0 Å². The lowest BCUT2D eigenvalue weighted by Gasteiger charge is -2.22. The number of methoxy groups -OCH3 is 2. The average molecular weight is 265 g/mol. The molecule has 4 heteroatoms. The molecule has 0 saturated heterocycles. The Kier molecular flexibility index (Phi) is 4.66. The molecule has 0 unspecified atom stereocenters. The second-order valence-corrected chi connectivity index (χ2v) is 5.21. The van der Waals surface area contributed by atoms with Crippen molar-refractivity contribution in [2.45, 2.75) is 37.8 Å². The SMILES string of the molecule is COc1ccc(OC)c(CNCC2(O)CCCC2)c1. The smallest absolute Gasteiger partial charge is 0.123 e. The van der Waals surface area contributed by atoms with Crippen LogP contribution in [-0.4, -0.2) is 31.5 Å². The van der Waals surface area contributed by atoms with Gasteiger partial charge in [-0.3, -0.25) is 0 Å². The first-order valence-corrected chi connectivity index (χ1v) is 6.81. The zero-order chi connectivity index (χ0) is 13.7. The second kappa shape index (κ2) is 6.26. The number of hydrogen-bond donors (Lipinski definition) is 2. The molecule has 1 fully saturated rings. The van der Waals surface area contributed by atoms with Crippen molar-refractivity contribution in [3.63, 3.8) is 0 Å². The summed E-state index contributed by atoms with van der Waals surface area (Å²) in [6, 6.07) is 5.75. The zero-order valence-electron chi connectivity index (χ0n) is 11.7. The maximum Gasteiger partial charge on any atom is 0.123 e. The van der Waals surface area contributed by atoms with Gasteiger partial charge in [0, 0.05) is 18.7 Å². The molecule has 1 aromatic rings. The van der Waals surface area contributed by atoms with Crippen LogP contribution < -0.4 is 14.8 Å². The fraction of sp³-hybridized carbons (Fsp3) is 0.600. The van der Waals surface area contributed by atoms with Gasteiger partial charge in [-0.2, -0.15) is 0 Å². The molecule has 1 aliphatic carbocycles. The summed E-state index contributed by atoms with van der Waals surface area (Å²) in [5, 5.41) is 13.6. The van der Waals surface area contributed by atoms with Gasteiger partial charge >= 0.3 is 0 Å². The van der Waals surface area contributed by atoms with Crippen LogP contribution in [0.5, 0.6) is 11.5 Å². The number of nitrogens with one attached hydrogen (secondary N) is 1. The molecular weight excluding hydrogens is 242 g/mol. The van der Waals surface area contributed by atoms with Crippen molar-refractivity contribution >= 4 is 0 Å². The van der Waals surface area contributed by atoms with Crippen LogP contribution in [0, 0.1) is 0 Å². The van der Waals surface area contributed by atoms with Gasteiger partial charge in [0.1, 0.15) is 11.5 Å². The van der Waals surface area contributed by atoms with Crippen LogP contribution >= 0.6 is 0 Å². The number of benzene rings is 1. The maximum atomic E-state index is 10.3. The van der Waals surface area contributed by atoms with Crippen LogP contribution in [0.4, 0.5) is 0 Å². The quantitative estimate of drug-likeness (QED) is 0.827. The van der Waals surface area contributed by atoms with Crippen LogP contribution in [0.1, 0.15) is 31.2 Å². The predicted molar refractivity (Wildman–Crippen MR) is 74.7 cm³/mol. The Balaban J connectivity index is 1.94. The normalized spacial score (nSPS) is 17.4. The predicted octanol–water partition coefficient (Wildman–Crippen LogP) is 2.10. The highest BCUT2D eigenvalue weighted by Gasteiger charge is 2.30. The van der Waals surface area contributed by atoms with Crippen LogP contribution in [-0.2, 0) is 6.54 Å². The molecule has 19 heavy (non-hydrogen) atoms. The molecule has 2 rings (SSSR count). The molecule has 1 aliphatic rings. The first-order chi connectivity index (χ1) is 9.17. The monoisotopic (exact) mass is 265 g/mol. The molecule has 106 valence electrons. The van der Waals surface area contributed by atoms with E-state index in [2.05, 4.69) is 5.32 Å². The Hall–Kier alpha value is -1.26. The molecule has 1 saturated carbocycles. The number of hydrogen-bond acceptors (Lipinski definition) is 4. The van der Waals surface area contributed by atoms with Crippen molar-refractivity contribution in [1.82, 2.24) is 5.32 Å². The molecule has 2 N–H and O–H groups in total. The minimum Gasteiger partial charge on any atom is -0.497 e. The van der Waals surface area contributed by atoms with Crippen molar-refractivity contribution < 1.29 is 14.6 Å². The third kappa shape index (κ3) is 3.61. The molecule has 0 bridgehead atoms. The summed E-state index contributed by atoms with van der Waals surface area (Å²) in [6.07, 6.45) is 4.05. The molecule has 0 radical (unpaired) electrons. The van der Waals surface area contributed by atoms with Gasteiger partial charge in [0.05, 0.1) is 19.8 Å². The molecule has 0 amide bonds. The van der Waals surface area contributed by atoms with Crippen molar-refractivity contribution in [2.24, 2.45) is 0 Å². The Morgan fingerprint density at radius 1 is 1.21 bits per heavy atom. The minimum atomic E-state index is -0.522. The van der Waals surface area contributed by atoms with E-state index in [1.807, 2.05) is 18.2 Å². The Labute approximate surface area is 114 Å². The fourth-order valence-electron chi connectivity index (χ4n) is 2.66. The van der Waals surface area contributed by atoms with Gasteiger partial charge < -0.3 is 19.9 Å². The Morgan fingerprint density at radius 3 is 2.58 bits per heavy atom. The summed E-state index contributed by atoms with van der Waals surface area (Å²) in [7, 11) is 3.32. The van der Waals surface area contributed by atoms with E-state index in [4.69, 9.17) is 9.47 Å². The van der Waals surface area contributed by atoms with Crippen LogP contribution in [0.3, 0.4) is 0 Å². The van der Waals surface area contributed by atoms with Gasteiger partial charge in [0.15, 0.2) is 0 Å². The van der Waals surface area contributed by atoms with Crippen LogP contribution in [0.15, 0.2) is 18.2 Å². The van der Waals surface area contributed by atoms with Crippen LogP contribution in [0.2, 0.25) is 0 Å². The average Bonchev–Trinajstić information content (AvgIpc) is 2.85. The number of rotatable bonds is 6. The summed E-state index contributed by atoms with van der Waals surface area (Å²) >= 11 is 0. The summed E-state index contributed by atoms with van der Waals surface area (Å²) in [4.78, 5) is 0. The van der Waals surface area contributed by atoms with Gasteiger partial charge in [-0.05, 0) is 31.0 Å². The molecule has 0 aromatic heterocycles. The van der Waals surface area contributed by atoms with Crippen molar-refractivity contribution in [3.8, 4) is 11.5 Å². The fourth-order valence-corrected chi connectivity index (χ4v) is 2.66. The van der Waals surface area contributed by atoms with Crippen molar-refractivity contribution in [1.29, 1.82) is 0 Å². The lowest BCUT2D eigenvalue weighted by molar-refractivity contribution is 0.0474. The summed E-state index contributed by atoms with van der Waals surface area (Å²) in [6.45, 7) is 1.30. The Morgan fingerprint density at radius 2 is 1.95 bits per heavy atom. The Bertz CT molecular complexity index is 414. The highest BCUT2D eigenvalue weighted by Crippen LogP contribution is 2.29. The molecular formula is C15H23NO3. The lowest BCUT2D eigenvalue weighted by atomic mass is 10.0. The minimum absolute atomic E-state index is 0.522. The third-order valence-electron chi connectivity index (χ3n) is 3.79. The van der Waals surface area contributed by atoms with E-state index >= 15 is 0 Å². The molecule has 4 nitrogen and oxygen atoms in total. The standard InChI is InChI=1S/C15H23NO3/c1-18-13-5-6-14(19-2)12(9-13)10-16-11-15(17)7-3-4-8-15/h5-6,9,16-17H,3-4,7-8,10-11H2,1-2H3. The number of aliphatic hydroxyl groups is 1. The first-order valence-electron chi connectivity index (χ1n) is 6.81. The van der Waals surface area contributed by atoms with Gasteiger partial charge in [-0.15, -0.1) is 0 Å². The third-order valence-corrected chi connectivity index (χ3v) is 3.79. The number of ether oxygens (including phenoxy) is 2. The summed E-state index contributed by atoms with van der Waals surface area (Å²) < 4.78 is 10.6. The van der Waals surface area contributed by atoms with E-state index in [-0.39, 0.29) is 0 Å². The zero-order valence-corrected chi connectivity index (χ0v) is 11.7. The van der Waals surface area contributed by atoms with Gasteiger partial charge in [0.25, 0.3) is 0 Å². The van der Waals surface area contributed by atoms with E-state index < -0.39 is 5.60 Å². The largest absolute Gasteiger partial charge is 0.497 e. The van der Waals surface area contributed by atoms with E-state index in [1.54, 1.807) is 14.2 Å². The van der Waals surface area contributed by atoms with E-state index in [0.29, 0.717) is 13.1 Å². The molecule has 0 heterocycles. The van der Waals surface area contributed by atoms with Crippen molar-refractivity contribution in [3.05, 3.63) is 23.8 Å². The lowest BCUT2D eigenvalue weighted by Crippen LogP contribution is -2.37. The highest BCUT2D eigenvalue weighted by molar-refractivity contribution is 5.40. The summed E-state index contributed by atoms with van der Waals surface area (Å²) in [5.74, 6) is 1.66. The van der Waals surface area contributed by atoms with Gasteiger partial charge in [-0.1, -0.05) is 12.8 Å². The molecule has 1 aromatic carbocycles. The van der Waals surface area contributed by atoms with Gasteiger partial charge in [0.2, 0.25) is 0 Å². The van der Waals surface area contributed by atoms with E-state index in [0.717, 1.165) is 42.7 Å². The maximum absolute atomic E-state index is 10.3. The van der Waals surface area contributed by atoms with Gasteiger partial charge in [-0.25, -0.2) is 0 Å². The molecule has 0 aliphatic heterocycles.